The van der Waals surface area contributed by atoms with E-state index in [1.54, 1.807) is 7.11 Å². The number of methoxy groups -OCH3 is 1. The summed E-state index contributed by atoms with van der Waals surface area (Å²) in [6, 6.07) is 14.0. The largest absolute Gasteiger partial charge is 0.496 e. The van der Waals surface area contributed by atoms with Gasteiger partial charge in [-0.3, -0.25) is 4.40 Å². The normalized spacial score (nSPS) is 12.0. The molecule has 0 bridgehead atoms. The van der Waals surface area contributed by atoms with E-state index in [1.807, 2.05) is 60.8 Å². The number of benzene rings is 1. The van der Waals surface area contributed by atoms with Gasteiger partial charge in [0, 0.05) is 17.3 Å². The highest BCUT2D eigenvalue weighted by Crippen LogP contribution is 2.25. The molecule has 0 saturated heterocycles. The molecule has 0 atom stereocenters. The monoisotopic (exact) mass is 321 g/mol. The fourth-order valence-corrected chi connectivity index (χ4v) is 2.58. The number of fused-ring (bicyclic) bond motifs is 1. The zero-order chi connectivity index (χ0) is 17.2. The molecule has 2 aromatic heterocycles. The number of imidazole rings is 1. The van der Waals surface area contributed by atoms with Gasteiger partial charge in [0.1, 0.15) is 22.9 Å². The SMILES string of the molecule is COc1ccccc1C=Cc1nc2ccccn2c1NC(C)(C)C. The molecular formula is C20H23N3O. The fraction of sp³-hybridized carbons (Fsp3) is 0.250. The van der Waals surface area contributed by atoms with Crippen LogP contribution in [0.2, 0.25) is 0 Å². The number of hydrogen-bond donors (Lipinski definition) is 1. The summed E-state index contributed by atoms with van der Waals surface area (Å²) in [5, 5.41) is 3.56. The number of anilines is 1. The fourth-order valence-electron chi connectivity index (χ4n) is 2.58. The zero-order valence-corrected chi connectivity index (χ0v) is 14.6. The van der Waals surface area contributed by atoms with Gasteiger partial charge in [0.15, 0.2) is 0 Å². The maximum absolute atomic E-state index is 5.41. The van der Waals surface area contributed by atoms with Crippen LogP contribution in [0, 0.1) is 0 Å². The quantitative estimate of drug-likeness (QED) is 0.755. The molecule has 0 aliphatic carbocycles. The van der Waals surface area contributed by atoms with Crippen LogP contribution in [0.3, 0.4) is 0 Å². The number of rotatable bonds is 4. The highest BCUT2D eigenvalue weighted by atomic mass is 16.5. The molecule has 0 radical (unpaired) electrons. The van der Waals surface area contributed by atoms with E-state index < -0.39 is 0 Å². The molecule has 0 saturated carbocycles. The van der Waals surface area contributed by atoms with Crippen LogP contribution in [0.15, 0.2) is 48.7 Å². The summed E-state index contributed by atoms with van der Waals surface area (Å²) in [5.74, 6) is 1.84. The number of ether oxygens (including phenoxy) is 1. The number of aromatic nitrogens is 2. The lowest BCUT2D eigenvalue weighted by atomic mass is 10.1. The molecule has 0 amide bonds. The molecule has 4 nitrogen and oxygen atoms in total. The molecule has 4 heteroatoms. The van der Waals surface area contributed by atoms with Gasteiger partial charge in [0.2, 0.25) is 0 Å². The highest BCUT2D eigenvalue weighted by molar-refractivity contribution is 5.77. The first-order valence-corrected chi connectivity index (χ1v) is 8.04. The van der Waals surface area contributed by atoms with E-state index in [0.29, 0.717) is 0 Å². The molecule has 0 aliphatic rings. The molecule has 0 fully saturated rings. The highest BCUT2D eigenvalue weighted by Gasteiger charge is 2.16. The number of para-hydroxylation sites is 1. The number of pyridine rings is 1. The summed E-state index contributed by atoms with van der Waals surface area (Å²) >= 11 is 0. The van der Waals surface area contributed by atoms with E-state index in [9.17, 15) is 0 Å². The number of nitrogens with one attached hydrogen (secondary N) is 1. The third-order valence-electron chi connectivity index (χ3n) is 3.61. The summed E-state index contributed by atoms with van der Waals surface area (Å²) < 4.78 is 7.49. The van der Waals surface area contributed by atoms with Crippen LogP contribution in [0.5, 0.6) is 5.75 Å². The van der Waals surface area contributed by atoms with Gasteiger partial charge in [0.05, 0.1) is 7.11 Å². The van der Waals surface area contributed by atoms with Crippen LogP contribution in [0.1, 0.15) is 32.0 Å². The Balaban J connectivity index is 2.05. The summed E-state index contributed by atoms with van der Waals surface area (Å²) in [5.41, 5.74) is 2.79. The van der Waals surface area contributed by atoms with Crippen molar-refractivity contribution in [1.82, 2.24) is 9.38 Å². The lowest BCUT2D eigenvalue weighted by molar-refractivity contribution is 0.414. The molecule has 24 heavy (non-hydrogen) atoms. The lowest BCUT2D eigenvalue weighted by Gasteiger charge is -2.22. The first-order valence-electron chi connectivity index (χ1n) is 8.04. The van der Waals surface area contributed by atoms with Gasteiger partial charge in [0.25, 0.3) is 0 Å². The Morgan fingerprint density at radius 1 is 1.04 bits per heavy atom. The van der Waals surface area contributed by atoms with Gasteiger partial charge in [-0.25, -0.2) is 4.98 Å². The molecule has 0 aliphatic heterocycles. The van der Waals surface area contributed by atoms with E-state index in [0.717, 1.165) is 28.5 Å². The van der Waals surface area contributed by atoms with Gasteiger partial charge in [-0.1, -0.05) is 24.3 Å². The predicted molar refractivity (Wildman–Crippen MR) is 100 cm³/mol. The average molecular weight is 321 g/mol. The van der Waals surface area contributed by atoms with Crippen molar-refractivity contribution in [3.05, 3.63) is 59.9 Å². The first kappa shape index (κ1) is 16.1. The van der Waals surface area contributed by atoms with Crippen molar-refractivity contribution < 1.29 is 4.74 Å². The Morgan fingerprint density at radius 2 is 1.79 bits per heavy atom. The molecule has 124 valence electrons. The van der Waals surface area contributed by atoms with Crippen molar-refractivity contribution in [3.8, 4) is 5.75 Å². The second kappa shape index (κ2) is 6.40. The Morgan fingerprint density at radius 3 is 2.54 bits per heavy atom. The molecule has 1 aromatic carbocycles. The molecule has 1 N–H and O–H groups in total. The molecular weight excluding hydrogens is 298 g/mol. The third kappa shape index (κ3) is 3.43. The van der Waals surface area contributed by atoms with Crippen molar-refractivity contribution in [3.63, 3.8) is 0 Å². The van der Waals surface area contributed by atoms with Crippen LogP contribution >= 0.6 is 0 Å². The van der Waals surface area contributed by atoms with Gasteiger partial charge >= 0.3 is 0 Å². The molecule has 0 unspecified atom stereocenters. The third-order valence-corrected chi connectivity index (χ3v) is 3.61. The summed E-state index contributed by atoms with van der Waals surface area (Å²) in [6.45, 7) is 6.43. The lowest BCUT2D eigenvalue weighted by Crippen LogP contribution is -2.27. The standard InChI is InChI=1S/C20H23N3O/c1-20(2,3)22-19-16(21-18-11-7-8-14-23(18)19)13-12-15-9-5-6-10-17(15)24-4/h5-14,22H,1-4H3. The van der Waals surface area contributed by atoms with E-state index in [2.05, 4.69) is 30.5 Å². The van der Waals surface area contributed by atoms with Crippen LogP contribution in [-0.4, -0.2) is 22.0 Å². The van der Waals surface area contributed by atoms with E-state index in [4.69, 9.17) is 9.72 Å². The zero-order valence-electron chi connectivity index (χ0n) is 14.6. The van der Waals surface area contributed by atoms with Crippen molar-refractivity contribution in [2.24, 2.45) is 0 Å². The minimum absolute atomic E-state index is 0.0567. The van der Waals surface area contributed by atoms with Crippen LogP contribution in [0.25, 0.3) is 17.8 Å². The second-order valence-electron chi connectivity index (χ2n) is 6.72. The average Bonchev–Trinajstić information content (AvgIpc) is 2.89. The Labute approximate surface area is 142 Å². The first-order chi connectivity index (χ1) is 11.5. The Hall–Kier alpha value is -2.75. The molecule has 3 aromatic rings. The Bertz CT molecular complexity index is 872. The van der Waals surface area contributed by atoms with Crippen molar-refractivity contribution in [1.29, 1.82) is 0 Å². The summed E-state index contributed by atoms with van der Waals surface area (Å²) in [4.78, 5) is 4.74. The topological polar surface area (TPSA) is 38.6 Å². The summed E-state index contributed by atoms with van der Waals surface area (Å²) in [6.07, 6.45) is 6.09. The maximum atomic E-state index is 5.41. The Kier molecular flexibility index (Phi) is 4.30. The predicted octanol–water partition coefficient (Wildman–Crippen LogP) is 4.72. The van der Waals surface area contributed by atoms with Crippen molar-refractivity contribution in [2.45, 2.75) is 26.3 Å². The van der Waals surface area contributed by atoms with Crippen molar-refractivity contribution >= 4 is 23.6 Å². The summed E-state index contributed by atoms with van der Waals surface area (Å²) in [7, 11) is 1.68. The second-order valence-corrected chi connectivity index (χ2v) is 6.72. The van der Waals surface area contributed by atoms with Gasteiger partial charge in [-0.2, -0.15) is 0 Å². The molecule has 2 heterocycles. The number of hydrogen-bond acceptors (Lipinski definition) is 3. The van der Waals surface area contributed by atoms with Gasteiger partial charge in [-0.05, 0) is 51.1 Å². The van der Waals surface area contributed by atoms with E-state index in [-0.39, 0.29) is 5.54 Å². The smallest absolute Gasteiger partial charge is 0.139 e. The number of nitrogens with zero attached hydrogens (tertiary/aromatic N) is 2. The van der Waals surface area contributed by atoms with E-state index in [1.165, 1.54) is 0 Å². The van der Waals surface area contributed by atoms with Gasteiger partial charge in [-0.15, -0.1) is 0 Å². The van der Waals surface area contributed by atoms with Crippen molar-refractivity contribution in [2.75, 3.05) is 12.4 Å². The van der Waals surface area contributed by atoms with E-state index >= 15 is 0 Å². The van der Waals surface area contributed by atoms with Gasteiger partial charge < -0.3 is 10.1 Å². The maximum Gasteiger partial charge on any atom is 0.139 e. The molecule has 0 spiro atoms. The van der Waals surface area contributed by atoms with Crippen LogP contribution in [0.4, 0.5) is 5.82 Å². The minimum atomic E-state index is -0.0567. The minimum Gasteiger partial charge on any atom is -0.496 e. The molecule has 3 rings (SSSR count). The van der Waals surface area contributed by atoms with Crippen LogP contribution in [-0.2, 0) is 0 Å². The van der Waals surface area contributed by atoms with Crippen LogP contribution < -0.4 is 10.1 Å².